The first kappa shape index (κ1) is 18.7. The van der Waals surface area contributed by atoms with E-state index in [1.807, 2.05) is 48.5 Å². The molecule has 0 saturated heterocycles. The lowest BCUT2D eigenvalue weighted by Gasteiger charge is -2.32. The van der Waals surface area contributed by atoms with Crippen molar-refractivity contribution in [2.75, 3.05) is 6.54 Å². The number of phenols is 1. The zero-order chi connectivity index (χ0) is 19.1. The third kappa shape index (κ3) is 4.96. The second-order valence-corrected chi connectivity index (χ2v) is 6.54. The third-order valence-corrected chi connectivity index (χ3v) is 4.61. The van der Waals surface area contributed by atoms with Crippen LogP contribution in [0.2, 0.25) is 0 Å². The average molecular weight is 360 g/mol. The van der Waals surface area contributed by atoms with Gasteiger partial charge in [-0.05, 0) is 17.2 Å². The summed E-state index contributed by atoms with van der Waals surface area (Å²) in [4.78, 5) is 13.6. The maximum absolute atomic E-state index is 11.5. The Morgan fingerprint density at radius 2 is 1.37 bits per heavy atom. The zero-order valence-corrected chi connectivity index (χ0v) is 15.2. The molecule has 0 spiro atoms. The molecule has 0 bridgehead atoms. The number of nitrogens with two attached hydrogens (primary N) is 1. The van der Waals surface area contributed by atoms with Gasteiger partial charge in [0.25, 0.3) is 0 Å². The van der Waals surface area contributed by atoms with Crippen molar-refractivity contribution in [3.05, 3.63) is 102 Å². The number of rotatable bonds is 8. The highest BCUT2D eigenvalue weighted by atomic mass is 16.3. The van der Waals surface area contributed by atoms with Crippen LogP contribution in [0, 0.1) is 0 Å². The van der Waals surface area contributed by atoms with E-state index in [0.717, 1.165) is 16.7 Å². The Bertz CT molecular complexity index is 826. The monoisotopic (exact) mass is 360 g/mol. The standard InChI is InChI=1S/C23H24N2O2/c24-22(27)15-16-25(17-20-13-7-8-14-21(20)26)23(18-9-3-1-4-10-18)19-11-5-2-6-12-19/h1-14,23,26H,15-17H2,(H2,24,27). The van der Waals surface area contributed by atoms with Gasteiger partial charge >= 0.3 is 0 Å². The molecule has 138 valence electrons. The van der Waals surface area contributed by atoms with Gasteiger partial charge in [0.15, 0.2) is 0 Å². The van der Waals surface area contributed by atoms with Crippen LogP contribution >= 0.6 is 0 Å². The van der Waals surface area contributed by atoms with Crippen LogP contribution in [0.4, 0.5) is 0 Å². The third-order valence-electron chi connectivity index (χ3n) is 4.61. The van der Waals surface area contributed by atoms with Crippen molar-refractivity contribution in [2.45, 2.75) is 19.0 Å². The van der Waals surface area contributed by atoms with Crippen LogP contribution in [0.15, 0.2) is 84.9 Å². The highest BCUT2D eigenvalue weighted by Gasteiger charge is 2.23. The number of carbonyl (C=O) groups is 1. The van der Waals surface area contributed by atoms with E-state index >= 15 is 0 Å². The molecule has 3 aromatic carbocycles. The minimum atomic E-state index is -0.336. The quantitative estimate of drug-likeness (QED) is 0.641. The van der Waals surface area contributed by atoms with Gasteiger partial charge in [-0.1, -0.05) is 78.9 Å². The number of primary amides is 1. The SMILES string of the molecule is NC(=O)CCN(Cc1ccccc1O)C(c1ccccc1)c1ccccc1. The highest BCUT2D eigenvalue weighted by molar-refractivity contribution is 5.73. The van der Waals surface area contributed by atoms with Crippen molar-refractivity contribution >= 4 is 5.91 Å². The van der Waals surface area contributed by atoms with Crippen molar-refractivity contribution in [2.24, 2.45) is 5.73 Å². The lowest BCUT2D eigenvalue weighted by atomic mass is 9.96. The van der Waals surface area contributed by atoms with Crippen LogP contribution in [0.3, 0.4) is 0 Å². The molecule has 1 amide bonds. The van der Waals surface area contributed by atoms with Crippen molar-refractivity contribution in [3.63, 3.8) is 0 Å². The number of aromatic hydroxyl groups is 1. The topological polar surface area (TPSA) is 66.6 Å². The molecule has 3 aromatic rings. The van der Waals surface area contributed by atoms with Gasteiger partial charge in [-0.25, -0.2) is 0 Å². The molecule has 0 aliphatic carbocycles. The summed E-state index contributed by atoms with van der Waals surface area (Å²) in [6.07, 6.45) is 0.254. The normalized spacial score (nSPS) is 11.0. The zero-order valence-electron chi connectivity index (χ0n) is 15.2. The summed E-state index contributed by atoms with van der Waals surface area (Å²) in [5.41, 5.74) is 8.50. The summed E-state index contributed by atoms with van der Waals surface area (Å²) < 4.78 is 0. The maximum atomic E-state index is 11.5. The molecule has 3 N–H and O–H groups in total. The van der Waals surface area contributed by atoms with Gasteiger partial charge in [-0.3, -0.25) is 9.69 Å². The van der Waals surface area contributed by atoms with Crippen LogP contribution in [-0.4, -0.2) is 22.5 Å². The van der Waals surface area contributed by atoms with Crippen molar-refractivity contribution in [3.8, 4) is 5.75 Å². The van der Waals surface area contributed by atoms with E-state index in [0.29, 0.717) is 13.1 Å². The Morgan fingerprint density at radius 3 is 1.89 bits per heavy atom. The van der Waals surface area contributed by atoms with Crippen molar-refractivity contribution in [1.29, 1.82) is 0 Å². The summed E-state index contributed by atoms with van der Waals surface area (Å²) in [5, 5.41) is 10.2. The van der Waals surface area contributed by atoms with Gasteiger partial charge in [-0.2, -0.15) is 0 Å². The number of phenolic OH excluding ortho intramolecular Hbond substituents is 1. The first-order valence-electron chi connectivity index (χ1n) is 9.04. The molecular formula is C23H24N2O2. The van der Waals surface area contributed by atoms with Crippen LogP contribution < -0.4 is 5.73 Å². The lowest BCUT2D eigenvalue weighted by molar-refractivity contribution is -0.118. The lowest BCUT2D eigenvalue weighted by Crippen LogP contribution is -2.32. The summed E-state index contributed by atoms with van der Waals surface area (Å²) in [6.45, 7) is 1.01. The smallest absolute Gasteiger partial charge is 0.218 e. The Hall–Kier alpha value is -3.11. The Balaban J connectivity index is 2.01. The van der Waals surface area contributed by atoms with E-state index in [9.17, 15) is 9.90 Å². The highest BCUT2D eigenvalue weighted by Crippen LogP contribution is 2.31. The summed E-state index contributed by atoms with van der Waals surface area (Å²) in [7, 11) is 0. The van der Waals surface area contributed by atoms with Gasteiger partial charge in [0, 0.05) is 25.1 Å². The first-order chi connectivity index (χ1) is 13.1. The van der Waals surface area contributed by atoms with Crippen LogP contribution in [0.5, 0.6) is 5.75 Å². The van der Waals surface area contributed by atoms with Gasteiger partial charge in [0.1, 0.15) is 5.75 Å². The van der Waals surface area contributed by atoms with Crippen molar-refractivity contribution < 1.29 is 9.90 Å². The Morgan fingerprint density at radius 1 is 0.852 bits per heavy atom. The van der Waals surface area contributed by atoms with E-state index in [-0.39, 0.29) is 24.1 Å². The molecule has 0 fully saturated rings. The summed E-state index contributed by atoms with van der Waals surface area (Å²) in [6, 6.07) is 27.6. The fourth-order valence-electron chi connectivity index (χ4n) is 3.30. The number of nitrogens with zero attached hydrogens (tertiary/aromatic N) is 1. The minimum absolute atomic E-state index is 0.0497. The van der Waals surface area contributed by atoms with E-state index in [2.05, 4.69) is 29.2 Å². The largest absolute Gasteiger partial charge is 0.508 e. The van der Waals surface area contributed by atoms with Gasteiger partial charge in [-0.15, -0.1) is 0 Å². The van der Waals surface area contributed by atoms with Crippen molar-refractivity contribution in [1.82, 2.24) is 4.90 Å². The predicted molar refractivity (Wildman–Crippen MR) is 107 cm³/mol. The Labute approximate surface area is 159 Å². The molecule has 0 unspecified atom stereocenters. The minimum Gasteiger partial charge on any atom is -0.508 e. The molecule has 0 aromatic heterocycles. The van der Waals surface area contributed by atoms with Crippen LogP contribution in [0.25, 0.3) is 0 Å². The fraction of sp³-hybridized carbons (Fsp3) is 0.174. The number of amides is 1. The molecule has 4 heteroatoms. The van der Waals surface area contributed by atoms with E-state index < -0.39 is 0 Å². The first-order valence-corrected chi connectivity index (χ1v) is 9.04. The summed E-state index contributed by atoms with van der Waals surface area (Å²) in [5.74, 6) is -0.0846. The average Bonchev–Trinajstić information content (AvgIpc) is 2.69. The van der Waals surface area contributed by atoms with E-state index in [4.69, 9.17) is 5.73 Å². The molecule has 0 aliphatic heterocycles. The Kier molecular flexibility index (Phi) is 6.23. The number of para-hydroxylation sites is 1. The van der Waals surface area contributed by atoms with Gasteiger partial charge < -0.3 is 10.8 Å². The fourth-order valence-corrected chi connectivity index (χ4v) is 3.30. The molecule has 0 saturated carbocycles. The molecule has 0 aliphatic rings. The van der Waals surface area contributed by atoms with E-state index in [1.165, 1.54) is 0 Å². The number of carbonyl (C=O) groups excluding carboxylic acids is 1. The molecule has 0 atom stereocenters. The number of hydrogen-bond acceptors (Lipinski definition) is 3. The maximum Gasteiger partial charge on any atom is 0.218 e. The second-order valence-electron chi connectivity index (χ2n) is 6.54. The van der Waals surface area contributed by atoms with Crippen LogP contribution in [-0.2, 0) is 11.3 Å². The molecular weight excluding hydrogens is 336 g/mol. The van der Waals surface area contributed by atoms with Crippen LogP contribution in [0.1, 0.15) is 29.2 Å². The van der Waals surface area contributed by atoms with Gasteiger partial charge in [0.05, 0.1) is 6.04 Å². The predicted octanol–water partition coefficient (Wildman–Crippen LogP) is 3.86. The molecule has 3 rings (SSSR count). The number of hydrogen-bond donors (Lipinski definition) is 2. The molecule has 0 radical (unpaired) electrons. The molecule has 4 nitrogen and oxygen atoms in total. The number of benzene rings is 3. The second kappa shape index (κ2) is 9.01. The molecule has 27 heavy (non-hydrogen) atoms. The molecule has 0 heterocycles. The van der Waals surface area contributed by atoms with E-state index in [1.54, 1.807) is 12.1 Å². The summed E-state index contributed by atoms with van der Waals surface area (Å²) >= 11 is 0. The van der Waals surface area contributed by atoms with Gasteiger partial charge in [0.2, 0.25) is 5.91 Å².